The summed E-state index contributed by atoms with van der Waals surface area (Å²) in [6.07, 6.45) is 7.86. The van der Waals surface area contributed by atoms with Crippen molar-refractivity contribution in [3.63, 3.8) is 0 Å². The fourth-order valence-electron chi connectivity index (χ4n) is 4.56. The van der Waals surface area contributed by atoms with Gasteiger partial charge >= 0.3 is 5.69 Å². The average Bonchev–Trinajstić information content (AvgIpc) is 3.68. The number of rotatable bonds is 10. The summed E-state index contributed by atoms with van der Waals surface area (Å²) >= 11 is 0. The Kier molecular flexibility index (Phi) is 7.07. The Labute approximate surface area is 219 Å². The quantitative estimate of drug-likeness (QED) is 0.283. The highest BCUT2D eigenvalue weighted by molar-refractivity contribution is 5.96. The van der Waals surface area contributed by atoms with Crippen LogP contribution in [0.2, 0.25) is 0 Å². The second-order valence-corrected chi connectivity index (χ2v) is 9.05. The van der Waals surface area contributed by atoms with E-state index in [1.807, 2.05) is 49.5 Å². The van der Waals surface area contributed by atoms with Crippen molar-refractivity contribution < 1.29 is 4.79 Å². The summed E-state index contributed by atoms with van der Waals surface area (Å²) in [4.78, 5) is 30.7. The molecule has 0 spiro atoms. The maximum atomic E-state index is 13.7. The van der Waals surface area contributed by atoms with Crippen molar-refractivity contribution in [2.45, 2.75) is 53.1 Å². The van der Waals surface area contributed by atoms with Crippen molar-refractivity contribution in [3.8, 4) is 28.5 Å². The van der Waals surface area contributed by atoms with Gasteiger partial charge in [-0.25, -0.2) is 9.48 Å². The zero-order valence-corrected chi connectivity index (χ0v) is 21.6. The number of H-pyrrole nitrogens is 1. The van der Waals surface area contributed by atoms with Crippen LogP contribution < -0.4 is 5.69 Å². The standard InChI is InChI=1S/C27H29N9O2/c1-4-6-9-20-17-35(26-23(18(3)37)15-29-36(26)5-2)27(38)34(20)16-19-12-13-24(28-14-19)21-10-7-8-11-22(21)25-30-32-33-31-25/h7-8,10-15,17H,4-6,9,16H2,1-3H3,(H,30,31,32,33). The lowest BCUT2D eigenvalue weighted by molar-refractivity contribution is 0.101. The first-order valence-electron chi connectivity index (χ1n) is 12.7. The van der Waals surface area contributed by atoms with Crippen LogP contribution in [-0.2, 0) is 19.5 Å². The summed E-state index contributed by atoms with van der Waals surface area (Å²) in [5.41, 5.74) is 4.49. The number of aromatic nitrogens is 9. The van der Waals surface area contributed by atoms with Gasteiger partial charge in [0.2, 0.25) is 5.82 Å². The highest BCUT2D eigenvalue weighted by Crippen LogP contribution is 2.28. The fourth-order valence-corrected chi connectivity index (χ4v) is 4.56. The molecular formula is C27H29N9O2. The van der Waals surface area contributed by atoms with E-state index in [1.54, 1.807) is 20.0 Å². The lowest BCUT2D eigenvalue weighted by Gasteiger charge is -2.09. The maximum absolute atomic E-state index is 13.7. The highest BCUT2D eigenvalue weighted by Gasteiger charge is 2.21. The molecule has 0 saturated heterocycles. The van der Waals surface area contributed by atoms with Gasteiger partial charge in [-0.15, -0.1) is 10.2 Å². The molecule has 0 unspecified atom stereocenters. The Hall–Kier alpha value is -4.67. The van der Waals surface area contributed by atoms with E-state index in [0.29, 0.717) is 30.3 Å². The maximum Gasteiger partial charge on any atom is 0.334 e. The van der Waals surface area contributed by atoms with E-state index in [0.717, 1.165) is 47.3 Å². The summed E-state index contributed by atoms with van der Waals surface area (Å²) in [6, 6.07) is 11.6. The number of unbranched alkanes of at least 4 members (excludes halogenated alkanes) is 1. The van der Waals surface area contributed by atoms with Crippen LogP contribution in [0.4, 0.5) is 0 Å². The zero-order chi connectivity index (χ0) is 26.6. The molecule has 0 fully saturated rings. The molecule has 0 aliphatic carbocycles. The van der Waals surface area contributed by atoms with E-state index >= 15 is 0 Å². The van der Waals surface area contributed by atoms with E-state index in [2.05, 4.69) is 32.6 Å². The number of nitrogens with zero attached hydrogens (tertiary/aromatic N) is 8. The van der Waals surface area contributed by atoms with E-state index < -0.39 is 0 Å². The van der Waals surface area contributed by atoms with Gasteiger partial charge in [-0.2, -0.15) is 10.3 Å². The van der Waals surface area contributed by atoms with Gasteiger partial charge in [0.25, 0.3) is 0 Å². The minimum Gasteiger partial charge on any atom is -0.294 e. The second kappa shape index (κ2) is 10.8. The topological polar surface area (TPSA) is 129 Å². The van der Waals surface area contributed by atoms with Crippen LogP contribution in [-0.4, -0.2) is 50.3 Å². The fraction of sp³-hybridized carbons (Fsp3) is 0.296. The molecule has 4 heterocycles. The van der Waals surface area contributed by atoms with E-state index in [1.165, 1.54) is 13.1 Å². The van der Waals surface area contributed by atoms with Gasteiger partial charge in [-0.05, 0) is 43.5 Å². The van der Waals surface area contributed by atoms with Gasteiger partial charge in [0.05, 0.1) is 24.0 Å². The van der Waals surface area contributed by atoms with Gasteiger partial charge in [0, 0.05) is 35.8 Å². The first-order chi connectivity index (χ1) is 18.5. The van der Waals surface area contributed by atoms with Crippen LogP contribution in [0.5, 0.6) is 0 Å². The minimum absolute atomic E-state index is 0.129. The first kappa shape index (κ1) is 25.0. The van der Waals surface area contributed by atoms with Crippen molar-refractivity contribution in [2.24, 2.45) is 0 Å². The molecule has 1 N–H and O–H groups in total. The predicted octanol–water partition coefficient (Wildman–Crippen LogP) is 3.69. The van der Waals surface area contributed by atoms with Crippen molar-refractivity contribution in [2.75, 3.05) is 0 Å². The number of aromatic amines is 1. The van der Waals surface area contributed by atoms with Crippen LogP contribution in [0.3, 0.4) is 0 Å². The molecule has 0 radical (unpaired) electrons. The van der Waals surface area contributed by atoms with Gasteiger partial charge < -0.3 is 0 Å². The molecule has 5 rings (SSSR count). The van der Waals surface area contributed by atoms with E-state index in [-0.39, 0.29) is 11.5 Å². The van der Waals surface area contributed by atoms with Gasteiger partial charge in [-0.3, -0.25) is 18.9 Å². The Bertz CT molecular complexity index is 1610. The Morgan fingerprint density at radius 1 is 1.05 bits per heavy atom. The highest BCUT2D eigenvalue weighted by atomic mass is 16.2. The summed E-state index contributed by atoms with van der Waals surface area (Å²) < 4.78 is 5.00. The number of tetrazole rings is 1. The number of pyridine rings is 1. The summed E-state index contributed by atoms with van der Waals surface area (Å²) in [5, 5.41) is 18.7. The summed E-state index contributed by atoms with van der Waals surface area (Å²) in [6.45, 7) is 6.45. The molecule has 5 aromatic rings. The molecule has 0 atom stereocenters. The zero-order valence-electron chi connectivity index (χ0n) is 21.6. The normalized spacial score (nSPS) is 11.2. The number of aryl methyl sites for hydroxylation is 2. The number of carbonyl (C=O) groups is 1. The minimum atomic E-state index is -0.208. The molecule has 0 amide bonds. The van der Waals surface area contributed by atoms with Crippen LogP contribution >= 0.6 is 0 Å². The molecular weight excluding hydrogens is 482 g/mol. The number of benzene rings is 1. The molecule has 194 valence electrons. The van der Waals surface area contributed by atoms with E-state index in [9.17, 15) is 9.59 Å². The molecule has 0 aliphatic rings. The number of nitrogens with one attached hydrogen (secondary N) is 1. The summed E-state index contributed by atoms with van der Waals surface area (Å²) in [5.74, 6) is 0.875. The molecule has 0 bridgehead atoms. The SMILES string of the molecule is CCCCc1cn(-c2c(C(C)=O)cnn2CC)c(=O)n1Cc1ccc(-c2ccccc2-c2nn[nH]n2)nc1. The number of hydrogen-bond acceptors (Lipinski definition) is 7. The Morgan fingerprint density at radius 3 is 2.53 bits per heavy atom. The first-order valence-corrected chi connectivity index (χ1v) is 12.7. The molecule has 38 heavy (non-hydrogen) atoms. The van der Waals surface area contributed by atoms with Crippen molar-refractivity contribution in [3.05, 3.63) is 82.3 Å². The third kappa shape index (κ3) is 4.70. The van der Waals surface area contributed by atoms with Crippen LogP contribution in [0.15, 0.2) is 59.8 Å². The predicted molar refractivity (Wildman–Crippen MR) is 142 cm³/mol. The second-order valence-electron chi connectivity index (χ2n) is 9.05. The largest absolute Gasteiger partial charge is 0.334 e. The molecule has 1 aromatic carbocycles. The Morgan fingerprint density at radius 2 is 1.87 bits per heavy atom. The molecule has 11 nitrogen and oxygen atoms in total. The lowest BCUT2D eigenvalue weighted by Crippen LogP contribution is -2.27. The Balaban J connectivity index is 1.51. The van der Waals surface area contributed by atoms with Gasteiger partial charge in [0.1, 0.15) is 5.82 Å². The number of ketones is 1. The molecule has 0 aliphatic heterocycles. The van der Waals surface area contributed by atoms with Gasteiger partial charge in [0.15, 0.2) is 5.78 Å². The summed E-state index contributed by atoms with van der Waals surface area (Å²) in [7, 11) is 0. The van der Waals surface area contributed by atoms with Crippen LogP contribution in [0.1, 0.15) is 55.2 Å². The smallest absolute Gasteiger partial charge is 0.294 e. The molecule has 0 saturated carbocycles. The number of imidazole rings is 1. The molecule has 4 aromatic heterocycles. The monoisotopic (exact) mass is 511 g/mol. The average molecular weight is 512 g/mol. The number of carbonyl (C=O) groups excluding carboxylic acids is 1. The van der Waals surface area contributed by atoms with Crippen molar-refractivity contribution in [1.29, 1.82) is 0 Å². The van der Waals surface area contributed by atoms with Crippen molar-refractivity contribution in [1.82, 2.24) is 44.5 Å². The number of hydrogen-bond donors (Lipinski definition) is 1. The molecule has 11 heteroatoms. The third-order valence-electron chi connectivity index (χ3n) is 6.52. The van der Waals surface area contributed by atoms with Crippen LogP contribution in [0, 0.1) is 0 Å². The number of Topliss-reactive ketones (excluding diaryl/α,β-unsaturated/α-hetero) is 1. The van der Waals surface area contributed by atoms with Gasteiger partial charge in [-0.1, -0.05) is 43.7 Å². The van der Waals surface area contributed by atoms with Crippen LogP contribution in [0.25, 0.3) is 28.5 Å². The van der Waals surface area contributed by atoms with Crippen molar-refractivity contribution >= 4 is 5.78 Å². The lowest BCUT2D eigenvalue weighted by atomic mass is 10.0. The van der Waals surface area contributed by atoms with E-state index in [4.69, 9.17) is 4.98 Å². The third-order valence-corrected chi connectivity index (χ3v) is 6.52.